The molecular formula is C22H21N9S. The van der Waals surface area contributed by atoms with Crippen LogP contribution in [0.5, 0.6) is 0 Å². The van der Waals surface area contributed by atoms with Gasteiger partial charge in [0.15, 0.2) is 0 Å². The maximum absolute atomic E-state index is 6.25. The molecule has 0 amide bonds. The van der Waals surface area contributed by atoms with Crippen LogP contribution in [0.25, 0.3) is 27.9 Å². The normalized spacial score (nSPS) is 24.5. The fourth-order valence-corrected chi connectivity index (χ4v) is 6.62. The van der Waals surface area contributed by atoms with Crippen LogP contribution in [0.1, 0.15) is 10.7 Å². The summed E-state index contributed by atoms with van der Waals surface area (Å²) in [5, 5.41) is 15.2. The number of hydrogen-bond donors (Lipinski definition) is 2. The van der Waals surface area contributed by atoms with Gasteiger partial charge < -0.3 is 10.6 Å². The fourth-order valence-electron chi connectivity index (χ4n) is 5.49. The predicted molar refractivity (Wildman–Crippen MR) is 123 cm³/mol. The van der Waals surface area contributed by atoms with Gasteiger partial charge in [-0.05, 0) is 37.0 Å². The summed E-state index contributed by atoms with van der Waals surface area (Å²) in [5.41, 5.74) is 11.6. The number of pyridine rings is 1. The Hall–Kier alpha value is -3.37. The van der Waals surface area contributed by atoms with Crippen LogP contribution < -0.4 is 10.6 Å². The smallest absolute Gasteiger partial charge is 0.202 e. The van der Waals surface area contributed by atoms with E-state index in [1.54, 1.807) is 17.5 Å². The maximum Gasteiger partial charge on any atom is 0.202 e. The van der Waals surface area contributed by atoms with Crippen LogP contribution in [0.3, 0.4) is 0 Å². The van der Waals surface area contributed by atoms with Gasteiger partial charge >= 0.3 is 0 Å². The minimum Gasteiger partial charge on any atom is -0.355 e. The van der Waals surface area contributed by atoms with Crippen molar-refractivity contribution in [2.75, 3.05) is 24.5 Å². The molecule has 0 bridgehead atoms. The molecule has 3 N–H and O–H groups in total. The Bertz CT molecular complexity index is 1470. The van der Waals surface area contributed by atoms with Gasteiger partial charge in [-0.1, -0.05) is 0 Å². The number of H-pyrrole nitrogens is 1. The summed E-state index contributed by atoms with van der Waals surface area (Å²) in [6.07, 6.45) is 5.57. The van der Waals surface area contributed by atoms with Crippen molar-refractivity contribution < 1.29 is 0 Å². The molecule has 9 nitrogen and oxygen atoms in total. The number of piperidine rings is 1. The summed E-state index contributed by atoms with van der Waals surface area (Å²) < 4.78 is 1.84. The third-order valence-corrected chi connectivity index (χ3v) is 8.32. The molecule has 1 saturated carbocycles. The van der Waals surface area contributed by atoms with Crippen molar-refractivity contribution in [2.45, 2.75) is 12.3 Å². The Kier molecular flexibility index (Phi) is 3.61. The van der Waals surface area contributed by atoms with E-state index in [1.165, 1.54) is 5.01 Å². The largest absolute Gasteiger partial charge is 0.355 e. The second-order valence-corrected chi connectivity index (χ2v) is 9.60. The van der Waals surface area contributed by atoms with Crippen molar-refractivity contribution >= 4 is 33.8 Å². The second-order valence-electron chi connectivity index (χ2n) is 8.74. The first-order valence-electron chi connectivity index (χ1n) is 10.7. The van der Waals surface area contributed by atoms with Crippen LogP contribution in [0.2, 0.25) is 0 Å². The SMILES string of the molecule is Cc1csc(C2(CN)[C@@H]3CN(c4cnc5c(-c6cccn7nccc67)[nH]nc5n4)C[C@@H]32)n1. The minimum atomic E-state index is 0.0381. The van der Waals surface area contributed by atoms with E-state index in [-0.39, 0.29) is 5.41 Å². The standard InChI is InChI=1S/C22H21N9S/c1-12-10-32-21(26-12)22(11-23)14-8-30(9-15(14)22)17-7-24-19-18(28-29-20(19)27-17)13-3-2-6-31-16(13)4-5-25-31/h2-7,10,14-15H,8-9,11,23H2,1H3,(H,27,28,29)/t14-,15+,22?. The number of aryl methyl sites for hydroxylation is 1. The molecule has 2 aliphatic rings. The number of hydrogen-bond acceptors (Lipinski definition) is 8. The molecule has 1 aliphatic carbocycles. The zero-order valence-electron chi connectivity index (χ0n) is 17.4. The van der Waals surface area contributed by atoms with Crippen LogP contribution in [0.4, 0.5) is 5.82 Å². The summed E-state index contributed by atoms with van der Waals surface area (Å²) in [6.45, 7) is 4.54. The number of thiazole rings is 1. The monoisotopic (exact) mass is 443 g/mol. The average Bonchev–Trinajstić information content (AvgIpc) is 3.45. The van der Waals surface area contributed by atoms with Crippen LogP contribution >= 0.6 is 11.3 Å². The molecule has 0 aromatic carbocycles. The summed E-state index contributed by atoms with van der Waals surface area (Å²) >= 11 is 1.74. The van der Waals surface area contributed by atoms with E-state index < -0.39 is 0 Å². The molecule has 10 heteroatoms. The highest BCUT2D eigenvalue weighted by atomic mass is 32.1. The van der Waals surface area contributed by atoms with Gasteiger partial charge in [-0.25, -0.2) is 19.5 Å². The molecule has 1 saturated heterocycles. The van der Waals surface area contributed by atoms with Crippen LogP contribution in [-0.4, -0.2) is 54.4 Å². The van der Waals surface area contributed by atoms with Gasteiger partial charge in [0.2, 0.25) is 5.65 Å². The van der Waals surface area contributed by atoms with Crippen molar-refractivity contribution in [3.8, 4) is 11.3 Å². The number of rotatable bonds is 4. The number of aromatic nitrogens is 7. The van der Waals surface area contributed by atoms with Gasteiger partial charge in [-0.3, -0.25) is 5.10 Å². The van der Waals surface area contributed by atoms with E-state index in [4.69, 9.17) is 20.7 Å². The third-order valence-electron chi connectivity index (χ3n) is 7.17. The summed E-state index contributed by atoms with van der Waals surface area (Å²) in [5.74, 6) is 1.90. The van der Waals surface area contributed by atoms with Crippen molar-refractivity contribution in [1.82, 2.24) is 34.8 Å². The summed E-state index contributed by atoms with van der Waals surface area (Å²) in [6, 6.07) is 5.99. The topological polar surface area (TPSA) is 114 Å². The molecule has 2 fully saturated rings. The number of fused-ring (bicyclic) bond motifs is 3. The summed E-state index contributed by atoms with van der Waals surface area (Å²) in [4.78, 5) is 16.6. The predicted octanol–water partition coefficient (Wildman–Crippen LogP) is 2.40. The Morgan fingerprint density at radius 3 is 2.91 bits per heavy atom. The number of aromatic amines is 1. The van der Waals surface area contributed by atoms with E-state index in [2.05, 4.69) is 25.6 Å². The van der Waals surface area contributed by atoms with Gasteiger partial charge in [0.05, 0.1) is 23.6 Å². The van der Waals surface area contributed by atoms with E-state index in [1.807, 2.05) is 42.0 Å². The molecule has 32 heavy (non-hydrogen) atoms. The van der Waals surface area contributed by atoms with Gasteiger partial charge in [-0.15, -0.1) is 11.3 Å². The number of nitrogens with zero attached hydrogens (tertiary/aromatic N) is 7. The Labute approximate surface area is 187 Å². The number of anilines is 1. The number of nitrogens with two attached hydrogens (primary N) is 1. The Balaban J connectivity index is 1.19. The van der Waals surface area contributed by atoms with Crippen molar-refractivity contribution in [3.63, 3.8) is 0 Å². The van der Waals surface area contributed by atoms with Crippen LogP contribution in [0.15, 0.2) is 42.2 Å². The van der Waals surface area contributed by atoms with Crippen LogP contribution in [0, 0.1) is 18.8 Å². The van der Waals surface area contributed by atoms with Gasteiger partial charge in [-0.2, -0.15) is 10.2 Å². The molecule has 6 heterocycles. The van der Waals surface area contributed by atoms with Crippen LogP contribution in [-0.2, 0) is 5.41 Å². The molecule has 5 aromatic heterocycles. The lowest BCUT2D eigenvalue weighted by molar-refractivity contribution is 0.549. The molecular weight excluding hydrogens is 422 g/mol. The van der Waals surface area contributed by atoms with Crippen molar-refractivity contribution in [2.24, 2.45) is 17.6 Å². The summed E-state index contributed by atoms with van der Waals surface area (Å²) in [7, 11) is 0. The zero-order valence-corrected chi connectivity index (χ0v) is 18.3. The lowest BCUT2D eigenvalue weighted by Crippen LogP contribution is -2.35. The first kappa shape index (κ1) is 18.2. The van der Waals surface area contributed by atoms with E-state index in [9.17, 15) is 0 Å². The highest BCUT2D eigenvalue weighted by Crippen LogP contribution is 2.63. The number of nitrogens with one attached hydrogen (secondary N) is 1. The van der Waals surface area contributed by atoms with E-state index in [0.717, 1.165) is 46.9 Å². The first-order chi connectivity index (χ1) is 15.7. The molecule has 7 rings (SSSR count). The third kappa shape index (κ3) is 2.33. The maximum atomic E-state index is 6.25. The fraction of sp³-hybridized carbons (Fsp3) is 0.318. The minimum absolute atomic E-state index is 0.0381. The first-order valence-corrected chi connectivity index (χ1v) is 11.6. The van der Waals surface area contributed by atoms with Gasteiger partial charge in [0.25, 0.3) is 0 Å². The lowest BCUT2D eigenvalue weighted by atomic mass is 10.0. The zero-order chi connectivity index (χ0) is 21.4. The molecule has 1 unspecified atom stereocenters. The van der Waals surface area contributed by atoms with Crippen molar-refractivity contribution in [3.05, 3.63) is 52.9 Å². The molecule has 5 aromatic rings. The van der Waals surface area contributed by atoms with Gasteiger partial charge in [0, 0.05) is 47.9 Å². The quantitative estimate of drug-likeness (QED) is 0.438. The van der Waals surface area contributed by atoms with Crippen molar-refractivity contribution in [1.29, 1.82) is 0 Å². The molecule has 3 atom stereocenters. The Morgan fingerprint density at radius 1 is 1.25 bits per heavy atom. The highest BCUT2D eigenvalue weighted by molar-refractivity contribution is 7.09. The van der Waals surface area contributed by atoms with E-state index in [0.29, 0.717) is 24.0 Å². The van der Waals surface area contributed by atoms with E-state index >= 15 is 0 Å². The molecule has 0 radical (unpaired) electrons. The molecule has 1 aliphatic heterocycles. The Morgan fingerprint density at radius 2 is 2.12 bits per heavy atom. The molecule has 0 spiro atoms. The highest BCUT2D eigenvalue weighted by Gasteiger charge is 2.69. The van der Waals surface area contributed by atoms with Gasteiger partial charge in [0.1, 0.15) is 16.3 Å². The average molecular weight is 444 g/mol. The second kappa shape index (κ2) is 6.33. The lowest BCUT2D eigenvalue weighted by Gasteiger charge is -2.25. The molecule has 160 valence electrons.